The van der Waals surface area contributed by atoms with Crippen LogP contribution in [0.25, 0.3) is 0 Å². The predicted molar refractivity (Wildman–Crippen MR) is 35.4 cm³/mol. The molecule has 1 atom stereocenters. The van der Waals surface area contributed by atoms with Gasteiger partial charge < -0.3 is 19.6 Å². The Morgan fingerprint density at radius 3 is 2.45 bits per heavy atom. The van der Waals surface area contributed by atoms with Crippen LogP contribution in [0.4, 0.5) is 0 Å². The number of aliphatic hydroxyl groups excluding tert-OH is 1. The summed E-state index contributed by atoms with van der Waals surface area (Å²) in [6.45, 7) is -0.745. The molecule has 0 aromatic heterocycles. The van der Waals surface area contributed by atoms with Crippen molar-refractivity contribution < 1.29 is 29.0 Å². The molecule has 3 N–H and O–H groups in total. The normalized spacial score (nSPS) is 15.8. The van der Waals surface area contributed by atoms with E-state index in [0.717, 1.165) is 0 Å². The van der Waals surface area contributed by atoms with E-state index < -0.39 is 26.3 Å². The number of rotatable bonds is 5. The minimum absolute atomic E-state index is 0.332. The van der Waals surface area contributed by atoms with Gasteiger partial charge in [-0.3, -0.25) is 9.36 Å². The van der Waals surface area contributed by atoms with Crippen LogP contribution >= 0.6 is 7.60 Å². The van der Waals surface area contributed by atoms with Gasteiger partial charge in [0.05, 0.1) is 13.2 Å². The Morgan fingerprint density at radius 2 is 2.09 bits per heavy atom. The molecule has 0 rings (SSSR count). The maximum absolute atomic E-state index is 10.6. The molecule has 11 heavy (non-hydrogen) atoms. The molecule has 0 radical (unpaired) electrons. The van der Waals surface area contributed by atoms with Gasteiger partial charge in [-0.2, -0.15) is 0 Å². The maximum Gasteiger partial charge on any atom is 0.339 e. The number of aliphatic carboxylic acids is 1. The lowest BCUT2D eigenvalue weighted by Crippen LogP contribution is -2.07. The van der Waals surface area contributed by atoms with Gasteiger partial charge in [0, 0.05) is 0 Å². The summed E-state index contributed by atoms with van der Waals surface area (Å²) in [5.74, 6) is -1.41. The van der Waals surface area contributed by atoms with Crippen molar-refractivity contribution >= 4 is 13.6 Å². The van der Waals surface area contributed by atoms with Gasteiger partial charge >= 0.3 is 13.6 Å². The smallest absolute Gasteiger partial charge is 0.339 e. The molecule has 7 heteroatoms. The fourth-order valence-electron chi connectivity index (χ4n) is 0.400. The predicted octanol–water partition coefficient (Wildman–Crippen LogP) is -0.735. The topological polar surface area (TPSA) is 104 Å². The van der Waals surface area contributed by atoms with Crippen molar-refractivity contribution in [1.29, 1.82) is 0 Å². The highest BCUT2D eigenvalue weighted by Gasteiger charge is 2.22. The standard InChI is InChI=1S/C4H9O6P/c5-1-2-10-11(8,9)3-4(6)7/h5H,1-3H2,(H,6,7)(H,8,9). The SMILES string of the molecule is O=C(O)CP(=O)(O)OCCO. The van der Waals surface area contributed by atoms with E-state index in [4.69, 9.17) is 15.1 Å². The molecule has 0 heterocycles. The lowest BCUT2D eigenvalue weighted by atomic mass is 10.8. The van der Waals surface area contributed by atoms with Crippen LogP contribution in [0.3, 0.4) is 0 Å². The highest BCUT2D eigenvalue weighted by molar-refractivity contribution is 7.53. The van der Waals surface area contributed by atoms with Gasteiger partial charge in [0.1, 0.15) is 6.16 Å². The number of carbonyl (C=O) groups is 1. The summed E-state index contributed by atoms with van der Waals surface area (Å²) < 4.78 is 14.8. The molecule has 0 aromatic rings. The molecule has 0 aromatic carbocycles. The van der Waals surface area contributed by atoms with Crippen LogP contribution < -0.4 is 0 Å². The lowest BCUT2D eigenvalue weighted by Gasteiger charge is -2.07. The van der Waals surface area contributed by atoms with E-state index in [1.807, 2.05) is 0 Å². The summed E-state index contributed by atoms with van der Waals surface area (Å²) in [7, 11) is -4.02. The van der Waals surface area contributed by atoms with E-state index in [9.17, 15) is 9.36 Å². The van der Waals surface area contributed by atoms with Crippen molar-refractivity contribution in [3.63, 3.8) is 0 Å². The zero-order valence-corrected chi connectivity index (χ0v) is 6.53. The Kier molecular flexibility index (Phi) is 4.29. The van der Waals surface area contributed by atoms with Gasteiger partial charge in [0.25, 0.3) is 0 Å². The van der Waals surface area contributed by atoms with Crippen LogP contribution in [-0.4, -0.2) is 40.5 Å². The first-order valence-electron chi connectivity index (χ1n) is 2.77. The van der Waals surface area contributed by atoms with Gasteiger partial charge in [-0.15, -0.1) is 0 Å². The van der Waals surface area contributed by atoms with Gasteiger partial charge in [0.2, 0.25) is 0 Å². The van der Waals surface area contributed by atoms with Gasteiger partial charge in [-0.05, 0) is 0 Å². The molecule has 1 unspecified atom stereocenters. The molecule has 6 nitrogen and oxygen atoms in total. The summed E-state index contributed by atoms with van der Waals surface area (Å²) in [4.78, 5) is 18.6. The molecule has 0 saturated heterocycles. The van der Waals surface area contributed by atoms with Gasteiger partial charge in [-0.1, -0.05) is 0 Å². The Balaban J connectivity index is 3.80. The molecule has 0 spiro atoms. The van der Waals surface area contributed by atoms with Crippen LogP contribution in [0.2, 0.25) is 0 Å². The summed E-state index contributed by atoms with van der Waals surface area (Å²) >= 11 is 0. The molecule has 0 saturated carbocycles. The fraction of sp³-hybridized carbons (Fsp3) is 0.750. The average Bonchev–Trinajstić information content (AvgIpc) is 1.81. The molecular weight excluding hydrogens is 175 g/mol. The molecular formula is C4H9O6P. The average molecular weight is 184 g/mol. The number of hydrogen-bond donors (Lipinski definition) is 3. The van der Waals surface area contributed by atoms with E-state index in [1.54, 1.807) is 0 Å². The zero-order valence-electron chi connectivity index (χ0n) is 5.63. The second-order valence-corrected chi connectivity index (χ2v) is 3.60. The van der Waals surface area contributed by atoms with Crippen molar-refractivity contribution in [2.75, 3.05) is 19.4 Å². The Hall–Kier alpha value is -0.420. The minimum atomic E-state index is -4.02. The number of carboxylic acid groups (broad SMARTS) is 1. The lowest BCUT2D eigenvalue weighted by molar-refractivity contribution is -0.134. The monoisotopic (exact) mass is 184 g/mol. The highest BCUT2D eigenvalue weighted by Crippen LogP contribution is 2.40. The van der Waals surface area contributed by atoms with E-state index in [1.165, 1.54) is 0 Å². The summed E-state index contributed by atoms with van der Waals surface area (Å²) in [6.07, 6.45) is -0.938. The van der Waals surface area contributed by atoms with Crippen molar-refractivity contribution in [2.24, 2.45) is 0 Å². The van der Waals surface area contributed by atoms with Crippen LogP contribution in [0.5, 0.6) is 0 Å². The first-order chi connectivity index (χ1) is 4.98. The second kappa shape index (κ2) is 4.46. The minimum Gasteiger partial charge on any atom is -0.481 e. The van der Waals surface area contributed by atoms with E-state index in [-0.39, 0.29) is 6.61 Å². The number of hydrogen-bond acceptors (Lipinski definition) is 4. The fourth-order valence-corrected chi connectivity index (χ4v) is 1.20. The third-order valence-corrected chi connectivity index (χ3v) is 1.98. The van der Waals surface area contributed by atoms with Gasteiger partial charge in [0.15, 0.2) is 0 Å². The third kappa shape index (κ3) is 6.00. The quantitative estimate of drug-likeness (QED) is 0.486. The number of carboxylic acids is 1. The van der Waals surface area contributed by atoms with Crippen LogP contribution in [0, 0.1) is 0 Å². The molecule has 0 aliphatic heterocycles. The Morgan fingerprint density at radius 1 is 1.55 bits per heavy atom. The molecule has 66 valence electrons. The highest BCUT2D eigenvalue weighted by atomic mass is 31.2. The first-order valence-corrected chi connectivity index (χ1v) is 4.53. The number of aliphatic hydroxyl groups is 1. The van der Waals surface area contributed by atoms with Crippen LogP contribution in [0.1, 0.15) is 0 Å². The van der Waals surface area contributed by atoms with E-state index in [0.29, 0.717) is 0 Å². The molecule has 0 aliphatic rings. The molecule has 0 amide bonds. The molecule has 0 aliphatic carbocycles. The summed E-state index contributed by atoms with van der Waals surface area (Å²) in [6, 6.07) is 0. The third-order valence-electron chi connectivity index (χ3n) is 0.719. The Bertz CT molecular complexity index is 177. The zero-order chi connectivity index (χ0) is 8.91. The molecule has 0 bridgehead atoms. The van der Waals surface area contributed by atoms with Crippen LogP contribution in [-0.2, 0) is 13.9 Å². The van der Waals surface area contributed by atoms with Gasteiger partial charge in [-0.25, -0.2) is 0 Å². The van der Waals surface area contributed by atoms with Crippen molar-refractivity contribution in [3.05, 3.63) is 0 Å². The van der Waals surface area contributed by atoms with Crippen molar-refractivity contribution in [2.45, 2.75) is 0 Å². The first kappa shape index (κ1) is 10.6. The van der Waals surface area contributed by atoms with Crippen molar-refractivity contribution in [3.8, 4) is 0 Å². The summed E-state index contributed by atoms with van der Waals surface area (Å²) in [5.41, 5.74) is 0. The van der Waals surface area contributed by atoms with E-state index >= 15 is 0 Å². The van der Waals surface area contributed by atoms with Crippen molar-refractivity contribution in [1.82, 2.24) is 0 Å². The summed E-state index contributed by atoms with van der Waals surface area (Å²) in [5, 5.41) is 16.2. The maximum atomic E-state index is 10.6. The van der Waals surface area contributed by atoms with E-state index in [2.05, 4.69) is 4.52 Å². The largest absolute Gasteiger partial charge is 0.481 e. The van der Waals surface area contributed by atoms with Crippen LogP contribution in [0.15, 0.2) is 0 Å². The molecule has 0 fully saturated rings. The second-order valence-electron chi connectivity index (χ2n) is 1.75. The Labute approximate surface area is 63.0 Å².